The van der Waals surface area contributed by atoms with Crippen molar-refractivity contribution >= 4 is 59.0 Å². The lowest BCUT2D eigenvalue weighted by Crippen LogP contribution is -2.70. The molecule has 40 heavy (non-hydrogen) atoms. The number of nitrogens with zero attached hydrogens (tertiary/aromatic N) is 2. The highest BCUT2D eigenvalue weighted by Gasteiger charge is 2.56. The number of fused-ring (bicyclic) bond motifs is 1. The van der Waals surface area contributed by atoms with Gasteiger partial charge in [0, 0.05) is 29.5 Å². The molecule has 208 valence electrons. The number of hydrogen-bond donors (Lipinski definition) is 1. The highest BCUT2D eigenvalue weighted by molar-refractivity contribution is 8.04. The highest BCUT2D eigenvalue weighted by atomic mass is 32.2. The molecule has 2 atom stereocenters. The van der Waals surface area contributed by atoms with Crippen LogP contribution in [0.5, 0.6) is 0 Å². The lowest BCUT2D eigenvalue weighted by Gasteiger charge is -2.50. The van der Waals surface area contributed by atoms with Crippen LogP contribution in [0.15, 0.2) is 64.2 Å². The fraction of sp³-hybridized carbons (Fsp3) is 0.240. The average Bonchev–Trinajstić information content (AvgIpc) is 3.44. The first kappa shape index (κ1) is 28.5. The fourth-order valence-corrected chi connectivity index (χ4v) is 5.88. The van der Waals surface area contributed by atoms with Gasteiger partial charge in [0.2, 0.25) is 5.91 Å². The van der Waals surface area contributed by atoms with E-state index in [1.54, 1.807) is 12.1 Å². The first-order valence-corrected chi connectivity index (χ1v) is 13.3. The predicted octanol–water partition coefficient (Wildman–Crippen LogP) is 2.17. The average molecular weight is 588 g/mol. The molecule has 1 unspecified atom stereocenters. The van der Waals surface area contributed by atoms with E-state index in [0.29, 0.717) is 5.56 Å². The summed E-state index contributed by atoms with van der Waals surface area (Å²) < 4.78 is 15.3. The van der Waals surface area contributed by atoms with Crippen molar-refractivity contribution in [3.63, 3.8) is 0 Å². The van der Waals surface area contributed by atoms with Crippen molar-refractivity contribution in [3.05, 3.63) is 84.8 Å². The first-order chi connectivity index (χ1) is 19.2. The van der Waals surface area contributed by atoms with Gasteiger partial charge in [0.1, 0.15) is 36.6 Å². The third-order valence-electron chi connectivity index (χ3n) is 5.71. The topological polar surface area (TPSA) is 171 Å². The largest absolute Gasteiger partial charge is 0.461 e. The molecular formula is C25H21N3O10S2. The van der Waals surface area contributed by atoms with Crippen molar-refractivity contribution in [2.24, 2.45) is 0 Å². The van der Waals surface area contributed by atoms with Crippen LogP contribution in [0.4, 0.5) is 5.69 Å². The fourth-order valence-electron chi connectivity index (χ4n) is 3.87. The molecule has 2 aromatic rings. The van der Waals surface area contributed by atoms with Gasteiger partial charge in [-0.1, -0.05) is 17.8 Å². The molecule has 1 fully saturated rings. The van der Waals surface area contributed by atoms with Gasteiger partial charge >= 0.3 is 11.9 Å². The molecule has 1 saturated heterocycles. The second-order valence-corrected chi connectivity index (χ2v) is 10.5. The summed E-state index contributed by atoms with van der Waals surface area (Å²) in [4.78, 5) is 74.1. The Bertz CT molecular complexity index is 1400. The molecule has 1 N–H and O–H groups in total. The van der Waals surface area contributed by atoms with Gasteiger partial charge in [-0.2, -0.15) is 0 Å². The Kier molecular flexibility index (Phi) is 8.96. The lowest BCUT2D eigenvalue weighted by molar-refractivity contribution is -0.384. The van der Waals surface area contributed by atoms with E-state index in [1.807, 2.05) is 5.38 Å². The van der Waals surface area contributed by atoms with E-state index in [1.165, 1.54) is 35.6 Å². The number of carbonyl (C=O) groups is 5. The Morgan fingerprint density at radius 1 is 1.15 bits per heavy atom. The molecule has 1 aromatic heterocycles. The Morgan fingerprint density at radius 3 is 2.52 bits per heavy atom. The van der Waals surface area contributed by atoms with Crippen LogP contribution in [0.2, 0.25) is 0 Å². The number of β-lactam (4-membered cyclic amide) rings is 1. The minimum absolute atomic E-state index is 0.0590. The van der Waals surface area contributed by atoms with Gasteiger partial charge in [-0.25, -0.2) is 4.79 Å². The zero-order chi connectivity index (χ0) is 28.8. The van der Waals surface area contributed by atoms with E-state index in [4.69, 9.17) is 14.2 Å². The predicted molar refractivity (Wildman–Crippen MR) is 140 cm³/mol. The molecule has 0 saturated carbocycles. The number of nitro benzene ring substituents is 1. The number of nitro groups is 1. The summed E-state index contributed by atoms with van der Waals surface area (Å²) in [6.45, 7) is 0.587. The second-order valence-electron chi connectivity index (χ2n) is 8.34. The maximum Gasteiger partial charge on any atom is 0.355 e. The molecule has 0 aliphatic carbocycles. The molecule has 1 aromatic carbocycles. The summed E-state index contributed by atoms with van der Waals surface area (Å²) in [5.41, 5.74) is 0.110. The SMILES string of the molecule is CC(=O)OCC1=C(C(=O)OCc2ccc([N+](=O)[O-])cc2)N2C(=O)C(NC(=O)Cc3cccs3)[C@H]2SC1=COC=O. The Balaban J connectivity index is 1.60. The van der Waals surface area contributed by atoms with Crippen LogP contribution in [-0.4, -0.2) is 58.1 Å². The molecule has 2 aliphatic heterocycles. The van der Waals surface area contributed by atoms with Crippen LogP contribution in [0.1, 0.15) is 17.4 Å². The minimum atomic E-state index is -0.996. The Morgan fingerprint density at radius 2 is 1.90 bits per heavy atom. The summed E-state index contributed by atoms with van der Waals surface area (Å²) in [6, 6.07) is 7.92. The molecule has 15 heteroatoms. The summed E-state index contributed by atoms with van der Waals surface area (Å²) in [7, 11) is 0. The maximum atomic E-state index is 13.3. The number of nitrogens with one attached hydrogen (secondary N) is 1. The van der Waals surface area contributed by atoms with Gasteiger partial charge in [-0.3, -0.25) is 34.2 Å². The van der Waals surface area contributed by atoms with Gasteiger partial charge < -0.3 is 19.5 Å². The maximum absolute atomic E-state index is 13.3. The summed E-state index contributed by atoms with van der Waals surface area (Å²) in [5, 5.41) is 14.6. The normalized spacial score (nSPS) is 18.9. The minimum Gasteiger partial charge on any atom is -0.461 e. The summed E-state index contributed by atoms with van der Waals surface area (Å²) in [5.74, 6) is -2.61. The number of amides is 2. The number of hydrogen-bond acceptors (Lipinski definition) is 12. The van der Waals surface area contributed by atoms with E-state index >= 15 is 0 Å². The molecule has 3 heterocycles. The third kappa shape index (κ3) is 6.38. The van der Waals surface area contributed by atoms with Crippen LogP contribution in [0.3, 0.4) is 0 Å². The Labute approximate surface area is 234 Å². The summed E-state index contributed by atoms with van der Waals surface area (Å²) in [6.07, 6.45) is 1.11. The van der Waals surface area contributed by atoms with Gasteiger partial charge in [0.15, 0.2) is 0 Å². The van der Waals surface area contributed by atoms with Crippen LogP contribution >= 0.6 is 23.1 Å². The molecule has 2 amide bonds. The van der Waals surface area contributed by atoms with Crippen molar-refractivity contribution < 1.29 is 43.1 Å². The monoisotopic (exact) mass is 587 g/mol. The molecule has 0 bridgehead atoms. The number of ether oxygens (including phenoxy) is 3. The molecule has 0 spiro atoms. The number of carbonyl (C=O) groups excluding carboxylic acids is 5. The number of rotatable bonds is 11. The second kappa shape index (κ2) is 12.6. The van der Waals surface area contributed by atoms with E-state index in [2.05, 4.69) is 5.32 Å². The number of esters is 2. The van der Waals surface area contributed by atoms with Crippen LogP contribution in [0, 0.1) is 10.1 Å². The highest BCUT2D eigenvalue weighted by Crippen LogP contribution is 2.47. The van der Waals surface area contributed by atoms with Crippen molar-refractivity contribution in [1.82, 2.24) is 10.2 Å². The van der Waals surface area contributed by atoms with Gasteiger partial charge in [-0.05, 0) is 29.1 Å². The number of non-ortho nitro benzene ring substituents is 1. The van der Waals surface area contributed by atoms with Crippen molar-refractivity contribution in [1.29, 1.82) is 0 Å². The van der Waals surface area contributed by atoms with Crippen LogP contribution in [0.25, 0.3) is 0 Å². The van der Waals surface area contributed by atoms with Gasteiger partial charge in [0.05, 0.1) is 16.2 Å². The zero-order valence-corrected chi connectivity index (χ0v) is 22.4. The summed E-state index contributed by atoms with van der Waals surface area (Å²) >= 11 is 2.42. The van der Waals surface area contributed by atoms with Gasteiger partial charge in [0.25, 0.3) is 18.1 Å². The quantitative estimate of drug-likeness (QED) is 0.0777. The number of thioether (sulfide) groups is 1. The smallest absolute Gasteiger partial charge is 0.355 e. The lowest BCUT2D eigenvalue weighted by atomic mass is 10.0. The van der Waals surface area contributed by atoms with E-state index < -0.39 is 46.7 Å². The van der Waals surface area contributed by atoms with E-state index in [0.717, 1.165) is 34.7 Å². The molecule has 4 rings (SSSR count). The van der Waals surface area contributed by atoms with Crippen molar-refractivity contribution in [2.75, 3.05) is 6.61 Å². The Hall–Kier alpha value is -4.50. The van der Waals surface area contributed by atoms with E-state index in [-0.39, 0.29) is 41.4 Å². The zero-order valence-electron chi connectivity index (χ0n) is 20.8. The first-order valence-electron chi connectivity index (χ1n) is 11.6. The number of benzene rings is 1. The standard InChI is InChI=1S/C25H21N3O10S2/c1-14(30)37-11-18-19(12-36-13-29)40-24-21(26-20(31)9-17-3-2-8-39-17)23(32)27(24)22(18)25(33)38-10-15-4-6-16(7-5-15)28(34)35/h2-8,12-13,21,24H,9-11H2,1H3,(H,26,31)/t21?,24-/m1/s1. The molecule has 13 nitrogen and oxygen atoms in total. The van der Waals surface area contributed by atoms with Crippen LogP contribution in [-0.2, 0) is 51.2 Å². The van der Waals surface area contributed by atoms with Gasteiger partial charge in [-0.15, -0.1) is 11.3 Å². The van der Waals surface area contributed by atoms with Crippen molar-refractivity contribution in [3.8, 4) is 0 Å². The van der Waals surface area contributed by atoms with Crippen molar-refractivity contribution in [2.45, 2.75) is 31.4 Å². The molecule has 0 radical (unpaired) electrons. The van der Waals surface area contributed by atoms with E-state index in [9.17, 15) is 34.1 Å². The third-order valence-corrected chi connectivity index (χ3v) is 7.90. The number of thiophene rings is 1. The van der Waals surface area contributed by atoms with Crippen LogP contribution < -0.4 is 5.32 Å². The molecule has 2 aliphatic rings. The molecular weight excluding hydrogens is 566 g/mol.